The van der Waals surface area contributed by atoms with Gasteiger partial charge in [-0.25, -0.2) is 4.99 Å². The summed E-state index contributed by atoms with van der Waals surface area (Å²) in [5, 5.41) is 17.0. The number of benzene rings is 2. The Morgan fingerprint density at radius 3 is 2.20 bits per heavy atom. The van der Waals surface area contributed by atoms with E-state index in [9.17, 15) is 5.11 Å². The maximum absolute atomic E-state index is 10.3. The minimum Gasteiger partial charge on any atom is -0.388 e. The molecule has 0 saturated heterocycles. The summed E-state index contributed by atoms with van der Waals surface area (Å²) in [6.45, 7) is 11.6. The highest BCUT2D eigenvalue weighted by Crippen LogP contribution is 2.15. The molecular formula is C24H37IN4O. The topological polar surface area (TPSA) is 59.9 Å². The Labute approximate surface area is 199 Å². The number of nitrogens with zero attached hydrogens (tertiary/aromatic N) is 2. The molecule has 30 heavy (non-hydrogen) atoms. The van der Waals surface area contributed by atoms with Crippen molar-refractivity contribution in [3.8, 4) is 0 Å². The predicted octanol–water partition coefficient (Wildman–Crippen LogP) is 4.33. The largest absolute Gasteiger partial charge is 0.388 e. The Kier molecular flexibility index (Phi) is 13.4. The van der Waals surface area contributed by atoms with Gasteiger partial charge in [0.1, 0.15) is 0 Å². The molecule has 2 aromatic rings. The molecule has 0 fully saturated rings. The summed E-state index contributed by atoms with van der Waals surface area (Å²) in [5.74, 6) is 0.783. The lowest BCUT2D eigenvalue weighted by Gasteiger charge is -2.20. The van der Waals surface area contributed by atoms with Crippen LogP contribution in [-0.4, -0.2) is 42.1 Å². The number of rotatable bonds is 11. The first-order valence-corrected chi connectivity index (χ1v) is 10.7. The summed E-state index contributed by atoms with van der Waals surface area (Å²) < 4.78 is 0. The van der Waals surface area contributed by atoms with Crippen molar-refractivity contribution in [2.75, 3.05) is 26.2 Å². The van der Waals surface area contributed by atoms with Gasteiger partial charge < -0.3 is 15.7 Å². The summed E-state index contributed by atoms with van der Waals surface area (Å²) in [5.41, 5.74) is 3.53. The zero-order valence-corrected chi connectivity index (χ0v) is 20.8. The Balaban J connectivity index is 0.00000450. The summed E-state index contributed by atoms with van der Waals surface area (Å²) in [7, 11) is 0. The minimum atomic E-state index is -0.471. The highest BCUT2D eigenvalue weighted by molar-refractivity contribution is 14.0. The van der Waals surface area contributed by atoms with Crippen LogP contribution in [0.15, 0.2) is 59.6 Å². The van der Waals surface area contributed by atoms with Crippen LogP contribution in [0.4, 0.5) is 0 Å². The molecule has 0 radical (unpaired) electrons. The van der Waals surface area contributed by atoms with E-state index < -0.39 is 6.10 Å². The molecule has 0 spiro atoms. The van der Waals surface area contributed by atoms with Crippen molar-refractivity contribution >= 4 is 29.9 Å². The van der Waals surface area contributed by atoms with Crippen LogP contribution >= 0.6 is 24.0 Å². The lowest BCUT2D eigenvalue weighted by molar-refractivity contribution is 0.168. The Bertz CT molecular complexity index is 735. The number of halogens is 1. The Morgan fingerprint density at radius 1 is 0.933 bits per heavy atom. The molecular weight excluding hydrogens is 487 g/mol. The summed E-state index contributed by atoms with van der Waals surface area (Å²) in [4.78, 5) is 7.18. The van der Waals surface area contributed by atoms with Crippen LogP contribution in [0, 0.1) is 0 Å². The molecule has 6 heteroatoms. The molecule has 166 valence electrons. The summed E-state index contributed by atoms with van der Waals surface area (Å²) >= 11 is 0. The van der Waals surface area contributed by atoms with Crippen LogP contribution < -0.4 is 10.6 Å². The first kappa shape index (κ1) is 26.4. The van der Waals surface area contributed by atoms with Gasteiger partial charge in [-0.15, -0.1) is 24.0 Å². The molecule has 2 aromatic carbocycles. The SMILES string of the molecule is CCNC(=NCc1ccccc1CN(CC)CC)NCCC(O)c1ccccc1.I. The smallest absolute Gasteiger partial charge is 0.191 e. The quantitative estimate of drug-likeness (QED) is 0.233. The second kappa shape index (κ2) is 15.2. The molecule has 3 N–H and O–H groups in total. The number of nitrogens with one attached hydrogen (secondary N) is 2. The average Bonchev–Trinajstić information content (AvgIpc) is 2.77. The summed E-state index contributed by atoms with van der Waals surface area (Å²) in [6.07, 6.45) is 0.161. The lowest BCUT2D eigenvalue weighted by Crippen LogP contribution is -2.38. The fourth-order valence-corrected chi connectivity index (χ4v) is 3.23. The van der Waals surface area contributed by atoms with E-state index in [2.05, 4.69) is 60.6 Å². The lowest BCUT2D eigenvalue weighted by atomic mass is 10.1. The molecule has 0 aliphatic carbocycles. The van der Waals surface area contributed by atoms with Gasteiger partial charge in [0.05, 0.1) is 12.6 Å². The van der Waals surface area contributed by atoms with E-state index in [1.807, 2.05) is 30.3 Å². The van der Waals surface area contributed by atoms with E-state index in [0.29, 0.717) is 19.5 Å². The van der Waals surface area contributed by atoms with Crippen molar-refractivity contribution in [1.29, 1.82) is 0 Å². The van der Waals surface area contributed by atoms with Crippen molar-refractivity contribution in [3.63, 3.8) is 0 Å². The summed E-state index contributed by atoms with van der Waals surface area (Å²) in [6, 6.07) is 18.3. The third kappa shape index (κ3) is 9.02. The third-order valence-electron chi connectivity index (χ3n) is 5.05. The molecule has 2 rings (SSSR count). The number of hydrogen-bond acceptors (Lipinski definition) is 3. The van der Waals surface area contributed by atoms with Crippen LogP contribution in [0.25, 0.3) is 0 Å². The van der Waals surface area contributed by atoms with Gasteiger partial charge in [-0.1, -0.05) is 68.4 Å². The van der Waals surface area contributed by atoms with Crippen LogP contribution in [-0.2, 0) is 13.1 Å². The van der Waals surface area contributed by atoms with Gasteiger partial charge in [0.2, 0.25) is 0 Å². The van der Waals surface area contributed by atoms with Gasteiger partial charge in [0.15, 0.2) is 5.96 Å². The molecule has 0 bridgehead atoms. The zero-order valence-electron chi connectivity index (χ0n) is 18.5. The fraction of sp³-hybridized carbons (Fsp3) is 0.458. The predicted molar refractivity (Wildman–Crippen MR) is 137 cm³/mol. The second-order valence-corrected chi connectivity index (χ2v) is 7.07. The van der Waals surface area contributed by atoms with Gasteiger partial charge in [0, 0.05) is 19.6 Å². The van der Waals surface area contributed by atoms with Crippen molar-refractivity contribution in [1.82, 2.24) is 15.5 Å². The van der Waals surface area contributed by atoms with Crippen molar-refractivity contribution in [2.45, 2.75) is 46.4 Å². The van der Waals surface area contributed by atoms with E-state index >= 15 is 0 Å². The Morgan fingerprint density at radius 2 is 1.57 bits per heavy atom. The number of aliphatic hydroxyl groups excluding tert-OH is 1. The number of hydrogen-bond donors (Lipinski definition) is 3. The van der Waals surface area contributed by atoms with Crippen LogP contribution in [0.1, 0.15) is 50.0 Å². The molecule has 0 saturated carbocycles. The molecule has 1 unspecified atom stereocenters. The van der Waals surface area contributed by atoms with E-state index in [0.717, 1.165) is 37.7 Å². The van der Waals surface area contributed by atoms with Gasteiger partial charge in [-0.05, 0) is 43.1 Å². The minimum absolute atomic E-state index is 0. The second-order valence-electron chi connectivity index (χ2n) is 7.07. The maximum atomic E-state index is 10.3. The van der Waals surface area contributed by atoms with E-state index in [1.165, 1.54) is 11.1 Å². The van der Waals surface area contributed by atoms with Crippen LogP contribution in [0.2, 0.25) is 0 Å². The Hall–Kier alpha value is -1.64. The fourth-order valence-electron chi connectivity index (χ4n) is 3.23. The maximum Gasteiger partial charge on any atom is 0.191 e. The van der Waals surface area contributed by atoms with Crippen molar-refractivity contribution in [3.05, 3.63) is 71.3 Å². The average molecular weight is 524 g/mol. The van der Waals surface area contributed by atoms with Gasteiger partial charge in [-0.2, -0.15) is 0 Å². The standard InChI is InChI=1S/C24H36N4O.HI/c1-4-25-24(26-17-16-23(29)20-12-8-7-9-13-20)27-18-21-14-10-11-15-22(21)19-28(5-2)6-3;/h7-15,23,29H,4-6,16-19H2,1-3H3,(H2,25,26,27);1H. The van der Waals surface area contributed by atoms with E-state index in [1.54, 1.807) is 0 Å². The monoisotopic (exact) mass is 524 g/mol. The highest BCUT2D eigenvalue weighted by Gasteiger charge is 2.08. The normalized spacial score (nSPS) is 12.4. The molecule has 0 aliphatic heterocycles. The van der Waals surface area contributed by atoms with Gasteiger partial charge in [0.25, 0.3) is 0 Å². The first-order valence-electron chi connectivity index (χ1n) is 10.7. The van der Waals surface area contributed by atoms with Crippen molar-refractivity contribution in [2.24, 2.45) is 4.99 Å². The highest BCUT2D eigenvalue weighted by atomic mass is 127. The van der Waals surface area contributed by atoms with E-state index in [-0.39, 0.29) is 24.0 Å². The molecule has 0 heterocycles. The zero-order chi connectivity index (χ0) is 20.9. The van der Waals surface area contributed by atoms with Gasteiger partial charge >= 0.3 is 0 Å². The molecule has 1 atom stereocenters. The van der Waals surface area contributed by atoms with Crippen molar-refractivity contribution < 1.29 is 5.11 Å². The molecule has 0 aliphatic rings. The van der Waals surface area contributed by atoms with Crippen LogP contribution in [0.5, 0.6) is 0 Å². The number of aliphatic imine (C=N–C) groups is 1. The molecule has 0 amide bonds. The number of guanidine groups is 1. The number of aliphatic hydroxyl groups is 1. The third-order valence-corrected chi connectivity index (χ3v) is 5.05. The molecule has 0 aromatic heterocycles. The first-order chi connectivity index (χ1) is 14.2. The molecule has 5 nitrogen and oxygen atoms in total. The van der Waals surface area contributed by atoms with Gasteiger partial charge in [-0.3, -0.25) is 4.90 Å². The van der Waals surface area contributed by atoms with Crippen LogP contribution in [0.3, 0.4) is 0 Å². The van der Waals surface area contributed by atoms with E-state index in [4.69, 9.17) is 4.99 Å².